The fourth-order valence-electron chi connectivity index (χ4n) is 3.38. The van der Waals surface area contributed by atoms with Crippen LogP contribution in [0.2, 0.25) is 0 Å². The van der Waals surface area contributed by atoms with Crippen LogP contribution in [0.15, 0.2) is 86.0 Å². The zero-order valence-electron chi connectivity index (χ0n) is 17.3. The highest BCUT2D eigenvalue weighted by molar-refractivity contribution is 5.99. The molecule has 0 N–H and O–H groups in total. The van der Waals surface area contributed by atoms with Gasteiger partial charge < -0.3 is 9.47 Å². The number of rotatable bonds is 10. The molecule has 156 valence electrons. The molecule has 0 radical (unpaired) electrons. The molecule has 30 heavy (non-hydrogen) atoms. The summed E-state index contributed by atoms with van der Waals surface area (Å²) < 4.78 is 11.1. The van der Waals surface area contributed by atoms with Gasteiger partial charge in [0, 0.05) is 25.0 Å². The van der Waals surface area contributed by atoms with Gasteiger partial charge in [-0.05, 0) is 25.0 Å². The summed E-state index contributed by atoms with van der Waals surface area (Å²) in [5, 5.41) is 0. The Morgan fingerprint density at radius 3 is 1.37 bits per heavy atom. The first-order valence-electron chi connectivity index (χ1n) is 9.56. The molecule has 0 aliphatic heterocycles. The molecule has 2 aromatic carbocycles. The van der Waals surface area contributed by atoms with Crippen LogP contribution in [-0.2, 0) is 36.7 Å². The van der Waals surface area contributed by atoms with Crippen molar-refractivity contribution >= 4 is 17.7 Å². The lowest BCUT2D eigenvalue weighted by molar-refractivity contribution is -0.178. The van der Waals surface area contributed by atoms with E-state index in [4.69, 9.17) is 9.47 Å². The summed E-state index contributed by atoms with van der Waals surface area (Å²) in [6, 6.07) is 18.3. The van der Waals surface area contributed by atoms with Crippen molar-refractivity contribution in [2.75, 3.05) is 0 Å². The number of carbonyl (C=O) groups is 3. The molecule has 5 nitrogen and oxygen atoms in total. The fourth-order valence-corrected chi connectivity index (χ4v) is 3.38. The Hall–Kier alpha value is -3.47. The Labute approximate surface area is 177 Å². The van der Waals surface area contributed by atoms with Crippen molar-refractivity contribution in [1.82, 2.24) is 0 Å². The highest BCUT2D eigenvalue weighted by Gasteiger charge is 2.50. The number of hydrogen-bond acceptors (Lipinski definition) is 5. The molecule has 2 aromatic rings. The SMILES string of the molecule is C=CC(=O)OC(C)(Cc1ccccc1)C(=O)C(C)(Cc1ccccc1)OC(=O)C=C. The van der Waals surface area contributed by atoms with Gasteiger partial charge in [0.2, 0.25) is 5.78 Å². The summed E-state index contributed by atoms with van der Waals surface area (Å²) in [5.41, 5.74) is -1.58. The van der Waals surface area contributed by atoms with Crippen molar-refractivity contribution in [3.8, 4) is 0 Å². The van der Waals surface area contributed by atoms with Crippen molar-refractivity contribution < 1.29 is 23.9 Å². The number of esters is 2. The number of ether oxygens (including phenoxy) is 2. The lowest BCUT2D eigenvalue weighted by atomic mass is 9.80. The van der Waals surface area contributed by atoms with E-state index in [1.165, 1.54) is 13.8 Å². The van der Waals surface area contributed by atoms with E-state index in [0.29, 0.717) is 0 Å². The van der Waals surface area contributed by atoms with E-state index in [1.807, 2.05) is 60.7 Å². The van der Waals surface area contributed by atoms with E-state index >= 15 is 0 Å². The minimum atomic E-state index is -1.59. The van der Waals surface area contributed by atoms with E-state index in [2.05, 4.69) is 13.2 Å². The Bertz CT molecular complexity index is 844. The average Bonchev–Trinajstić information content (AvgIpc) is 2.74. The Morgan fingerprint density at radius 1 is 0.733 bits per heavy atom. The number of hydrogen-bond donors (Lipinski definition) is 0. The molecule has 5 heteroatoms. The standard InChI is InChI=1S/C25H26O5/c1-5-21(26)29-24(3,17-19-13-9-7-10-14-19)23(28)25(4,30-22(27)6-2)18-20-15-11-8-12-16-20/h5-16H,1-2,17-18H2,3-4H3. The van der Waals surface area contributed by atoms with Crippen molar-refractivity contribution in [2.45, 2.75) is 37.9 Å². The molecule has 0 saturated carbocycles. The van der Waals surface area contributed by atoms with Gasteiger partial charge in [0.25, 0.3) is 0 Å². The Balaban J connectivity index is 2.48. The van der Waals surface area contributed by atoms with Crippen LogP contribution in [0.25, 0.3) is 0 Å². The predicted molar refractivity (Wildman–Crippen MR) is 115 cm³/mol. The summed E-state index contributed by atoms with van der Waals surface area (Å²) in [5.74, 6) is -2.01. The van der Waals surface area contributed by atoms with Crippen LogP contribution in [0.4, 0.5) is 0 Å². The second-order valence-electron chi connectivity index (χ2n) is 7.37. The zero-order valence-corrected chi connectivity index (χ0v) is 17.3. The van der Waals surface area contributed by atoms with Gasteiger partial charge in [0.15, 0.2) is 11.2 Å². The lowest BCUT2D eigenvalue weighted by Gasteiger charge is -2.37. The smallest absolute Gasteiger partial charge is 0.331 e. The van der Waals surface area contributed by atoms with Crippen LogP contribution in [0.5, 0.6) is 0 Å². The molecule has 2 unspecified atom stereocenters. The van der Waals surface area contributed by atoms with Crippen molar-refractivity contribution in [3.63, 3.8) is 0 Å². The van der Waals surface area contributed by atoms with Gasteiger partial charge in [-0.25, -0.2) is 9.59 Å². The molecule has 0 spiro atoms. The normalized spacial score (nSPS) is 14.5. The van der Waals surface area contributed by atoms with Crippen LogP contribution in [0, 0.1) is 0 Å². The third-order valence-electron chi connectivity index (χ3n) is 4.71. The molecular formula is C25H26O5. The first-order valence-corrected chi connectivity index (χ1v) is 9.56. The molecule has 0 aromatic heterocycles. The Morgan fingerprint density at radius 2 is 1.07 bits per heavy atom. The Kier molecular flexibility index (Phi) is 7.48. The molecule has 0 aliphatic carbocycles. The summed E-state index contributed by atoms with van der Waals surface area (Å²) in [6.45, 7) is 9.88. The minimum absolute atomic E-state index is 0.113. The van der Waals surface area contributed by atoms with E-state index < -0.39 is 28.9 Å². The third-order valence-corrected chi connectivity index (χ3v) is 4.71. The first kappa shape index (κ1) is 22.8. The maximum atomic E-state index is 13.8. The highest BCUT2D eigenvalue weighted by Crippen LogP contribution is 2.30. The van der Waals surface area contributed by atoms with E-state index in [0.717, 1.165) is 23.3 Å². The van der Waals surface area contributed by atoms with Gasteiger partial charge in [-0.15, -0.1) is 0 Å². The van der Waals surface area contributed by atoms with E-state index in [9.17, 15) is 14.4 Å². The second kappa shape index (κ2) is 9.83. The molecule has 2 rings (SSSR count). The van der Waals surface area contributed by atoms with Gasteiger partial charge in [0.1, 0.15) is 0 Å². The van der Waals surface area contributed by atoms with Gasteiger partial charge in [-0.1, -0.05) is 73.8 Å². The van der Waals surface area contributed by atoms with Crippen molar-refractivity contribution in [2.24, 2.45) is 0 Å². The van der Waals surface area contributed by atoms with Crippen molar-refractivity contribution in [3.05, 3.63) is 97.1 Å². The number of Topliss-reactive ketones (excluding diaryl/α,β-unsaturated/α-hetero) is 1. The topological polar surface area (TPSA) is 69.7 Å². The van der Waals surface area contributed by atoms with E-state index in [-0.39, 0.29) is 12.8 Å². The summed E-state index contributed by atoms with van der Waals surface area (Å²) >= 11 is 0. The van der Waals surface area contributed by atoms with Crippen LogP contribution in [0.1, 0.15) is 25.0 Å². The summed E-state index contributed by atoms with van der Waals surface area (Å²) in [4.78, 5) is 37.9. The van der Waals surface area contributed by atoms with Crippen molar-refractivity contribution in [1.29, 1.82) is 0 Å². The van der Waals surface area contributed by atoms with Gasteiger partial charge >= 0.3 is 11.9 Å². The minimum Gasteiger partial charge on any atom is -0.448 e. The van der Waals surface area contributed by atoms with Gasteiger partial charge in [-0.3, -0.25) is 4.79 Å². The molecular weight excluding hydrogens is 380 g/mol. The van der Waals surface area contributed by atoms with Crippen LogP contribution in [-0.4, -0.2) is 28.9 Å². The number of benzene rings is 2. The van der Waals surface area contributed by atoms with E-state index in [1.54, 1.807) is 0 Å². The van der Waals surface area contributed by atoms with Gasteiger partial charge in [0.05, 0.1) is 0 Å². The molecule has 0 bridgehead atoms. The largest absolute Gasteiger partial charge is 0.448 e. The average molecular weight is 406 g/mol. The molecule has 0 heterocycles. The van der Waals surface area contributed by atoms with Crippen LogP contribution in [0.3, 0.4) is 0 Å². The fraction of sp³-hybridized carbons (Fsp3) is 0.240. The summed E-state index contributed by atoms with van der Waals surface area (Å²) in [6.07, 6.45) is 2.23. The monoisotopic (exact) mass is 406 g/mol. The third kappa shape index (κ3) is 5.77. The maximum Gasteiger partial charge on any atom is 0.331 e. The molecule has 0 fully saturated rings. The lowest BCUT2D eigenvalue weighted by Crippen LogP contribution is -2.56. The van der Waals surface area contributed by atoms with Gasteiger partial charge in [-0.2, -0.15) is 0 Å². The maximum absolute atomic E-state index is 13.8. The quantitative estimate of drug-likeness (QED) is 0.440. The predicted octanol–water partition coefficient (Wildman–Crippen LogP) is 4.02. The second-order valence-corrected chi connectivity index (χ2v) is 7.37. The molecule has 0 saturated heterocycles. The first-order chi connectivity index (χ1) is 14.2. The van der Waals surface area contributed by atoms with Crippen LogP contribution >= 0.6 is 0 Å². The number of carbonyl (C=O) groups excluding carboxylic acids is 3. The molecule has 0 amide bonds. The van der Waals surface area contributed by atoms with Crippen LogP contribution < -0.4 is 0 Å². The number of ketones is 1. The highest BCUT2D eigenvalue weighted by atomic mass is 16.6. The molecule has 0 aliphatic rings. The summed E-state index contributed by atoms with van der Waals surface area (Å²) in [7, 11) is 0. The molecule has 2 atom stereocenters. The zero-order chi connectivity index (χ0) is 22.2.